The Hall–Kier alpha value is -1.32. The molecule has 1 spiro atoms. The van der Waals surface area contributed by atoms with Crippen molar-refractivity contribution >= 4 is 23.1 Å². The topological polar surface area (TPSA) is 38.3 Å². The Morgan fingerprint density at radius 2 is 1.96 bits per heavy atom. The Balaban J connectivity index is 2.02. The van der Waals surface area contributed by atoms with Crippen LogP contribution in [0.1, 0.15) is 51.2 Å². The molecule has 1 aromatic rings. The lowest BCUT2D eigenvalue weighted by Gasteiger charge is -2.41. The smallest absolute Gasteiger partial charge is 0.338 e. The second-order valence-electron chi connectivity index (χ2n) is 7.54. The molecule has 23 heavy (non-hydrogen) atoms. The summed E-state index contributed by atoms with van der Waals surface area (Å²) in [5, 5.41) is 4.15. The molecule has 1 aliphatic carbocycles. The van der Waals surface area contributed by atoms with Gasteiger partial charge in [-0.1, -0.05) is 23.7 Å². The van der Waals surface area contributed by atoms with Crippen LogP contribution in [0, 0.1) is 0 Å². The van der Waals surface area contributed by atoms with Gasteiger partial charge >= 0.3 is 5.97 Å². The Bertz CT molecular complexity index is 652. The van der Waals surface area contributed by atoms with E-state index in [1.54, 1.807) is 0 Å². The molecule has 1 heterocycles. The molecule has 3 rings (SSSR count). The number of ether oxygens (including phenoxy) is 1. The molecule has 1 saturated heterocycles. The van der Waals surface area contributed by atoms with Crippen LogP contribution in [0.5, 0.6) is 0 Å². The highest BCUT2D eigenvalue weighted by Crippen LogP contribution is 2.46. The first kappa shape index (κ1) is 16.5. The number of rotatable bonds is 1. The number of nitrogens with one attached hydrogen (secondary N) is 1. The van der Waals surface area contributed by atoms with E-state index in [0.29, 0.717) is 5.57 Å². The van der Waals surface area contributed by atoms with Crippen LogP contribution in [0.2, 0.25) is 5.02 Å². The molecule has 0 radical (unpaired) electrons. The van der Waals surface area contributed by atoms with E-state index >= 15 is 0 Å². The molecule has 1 N–H and O–H groups in total. The minimum Gasteiger partial charge on any atom is -0.456 e. The Labute approximate surface area is 143 Å². The zero-order valence-electron chi connectivity index (χ0n) is 14.0. The van der Waals surface area contributed by atoms with Crippen molar-refractivity contribution in [2.45, 2.75) is 51.0 Å². The van der Waals surface area contributed by atoms with Crippen LogP contribution in [-0.4, -0.2) is 24.7 Å². The minimum absolute atomic E-state index is 0.0942. The molecular weight excluding hydrogens is 310 g/mol. The van der Waals surface area contributed by atoms with Gasteiger partial charge in [0.15, 0.2) is 0 Å². The number of esters is 1. The number of hydrogen-bond acceptors (Lipinski definition) is 3. The third kappa shape index (κ3) is 3.31. The van der Waals surface area contributed by atoms with E-state index in [-0.39, 0.29) is 11.4 Å². The Morgan fingerprint density at radius 1 is 1.26 bits per heavy atom. The molecule has 0 saturated carbocycles. The predicted octanol–water partition coefficient (Wildman–Crippen LogP) is 4.09. The van der Waals surface area contributed by atoms with Crippen LogP contribution >= 0.6 is 11.6 Å². The maximum Gasteiger partial charge on any atom is 0.338 e. The summed E-state index contributed by atoms with van der Waals surface area (Å²) in [4.78, 5) is 12.6. The highest BCUT2D eigenvalue weighted by atomic mass is 35.5. The molecule has 1 fully saturated rings. The summed E-state index contributed by atoms with van der Waals surface area (Å²) in [5.41, 5.74) is 2.47. The maximum atomic E-state index is 12.6. The number of allylic oxidation sites excluding steroid dienone is 1. The van der Waals surface area contributed by atoms with Gasteiger partial charge < -0.3 is 10.1 Å². The van der Waals surface area contributed by atoms with Gasteiger partial charge in [0.1, 0.15) is 5.60 Å². The normalized spacial score (nSPS) is 19.9. The van der Waals surface area contributed by atoms with E-state index in [1.807, 2.05) is 39.0 Å². The molecule has 3 nitrogen and oxygen atoms in total. The summed E-state index contributed by atoms with van der Waals surface area (Å²) >= 11 is 6.26. The number of fused-ring (bicyclic) bond motifs is 2. The fourth-order valence-corrected chi connectivity index (χ4v) is 3.78. The SMILES string of the molecule is CC(C)(C)OC(=O)C1=CCC2(CCNCC2)c2cc(Cl)ccc21. The van der Waals surface area contributed by atoms with Gasteiger partial charge in [-0.15, -0.1) is 0 Å². The average Bonchev–Trinajstić information content (AvgIpc) is 2.47. The Morgan fingerprint density at radius 3 is 2.61 bits per heavy atom. The largest absolute Gasteiger partial charge is 0.456 e. The van der Waals surface area contributed by atoms with Gasteiger partial charge in [-0.3, -0.25) is 0 Å². The van der Waals surface area contributed by atoms with Crippen molar-refractivity contribution in [2.75, 3.05) is 13.1 Å². The molecule has 1 aliphatic heterocycles. The van der Waals surface area contributed by atoms with Crippen molar-refractivity contribution in [2.24, 2.45) is 0 Å². The first-order valence-electron chi connectivity index (χ1n) is 8.25. The van der Waals surface area contributed by atoms with Crippen molar-refractivity contribution in [3.05, 3.63) is 40.4 Å². The van der Waals surface area contributed by atoms with Gasteiger partial charge in [0, 0.05) is 10.4 Å². The fraction of sp³-hybridized carbons (Fsp3) is 0.526. The van der Waals surface area contributed by atoms with Crippen LogP contribution in [0.3, 0.4) is 0 Å². The van der Waals surface area contributed by atoms with Crippen LogP contribution in [0.15, 0.2) is 24.3 Å². The molecule has 2 aliphatic rings. The first-order chi connectivity index (χ1) is 10.8. The van der Waals surface area contributed by atoms with Crippen LogP contribution in [-0.2, 0) is 14.9 Å². The Kier molecular flexibility index (Phi) is 4.28. The number of benzene rings is 1. The van der Waals surface area contributed by atoms with Gasteiger partial charge in [0.25, 0.3) is 0 Å². The van der Waals surface area contributed by atoms with E-state index in [1.165, 1.54) is 5.56 Å². The number of halogens is 1. The monoisotopic (exact) mass is 333 g/mol. The summed E-state index contributed by atoms with van der Waals surface area (Å²) in [5.74, 6) is -0.246. The molecular formula is C19H24ClNO2. The number of piperidine rings is 1. The van der Waals surface area contributed by atoms with Crippen molar-refractivity contribution in [1.29, 1.82) is 0 Å². The van der Waals surface area contributed by atoms with Gasteiger partial charge in [-0.05, 0) is 76.4 Å². The lowest BCUT2D eigenvalue weighted by Crippen LogP contribution is -2.41. The molecule has 4 heteroatoms. The second kappa shape index (κ2) is 5.95. The van der Waals surface area contributed by atoms with Crippen molar-refractivity contribution < 1.29 is 9.53 Å². The van der Waals surface area contributed by atoms with E-state index in [2.05, 4.69) is 11.4 Å². The number of carbonyl (C=O) groups excluding carboxylic acids is 1. The highest BCUT2D eigenvalue weighted by molar-refractivity contribution is 6.31. The summed E-state index contributed by atoms with van der Waals surface area (Å²) in [6.07, 6.45) is 5.07. The van der Waals surface area contributed by atoms with Gasteiger partial charge in [0.05, 0.1) is 5.57 Å². The predicted molar refractivity (Wildman–Crippen MR) is 93.7 cm³/mol. The molecule has 0 unspecified atom stereocenters. The standard InChI is InChI=1S/C19H24ClNO2/c1-18(2,3)23-17(22)15-6-7-19(8-10-21-11-9-19)16-12-13(20)4-5-14(15)16/h4-6,12,21H,7-11H2,1-3H3. The summed E-state index contributed by atoms with van der Waals surface area (Å²) in [7, 11) is 0. The zero-order valence-corrected chi connectivity index (χ0v) is 14.8. The van der Waals surface area contributed by atoms with Gasteiger partial charge in [-0.2, -0.15) is 0 Å². The molecule has 0 amide bonds. The second-order valence-corrected chi connectivity index (χ2v) is 7.98. The maximum absolute atomic E-state index is 12.6. The van der Waals surface area contributed by atoms with Crippen molar-refractivity contribution in [3.63, 3.8) is 0 Å². The molecule has 1 aromatic carbocycles. The molecule has 0 atom stereocenters. The minimum atomic E-state index is -0.492. The average molecular weight is 334 g/mol. The summed E-state index contributed by atoms with van der Waals surface area (Å²) in [6, 6.07) is 5.87. The van der Waals surface area contributed by atoms with E-state index in [4.69, 9.17) is 16.3 Å². The zero-order chi connectivity index (χ0) is 16.7. The van der Waals surface area contributed by atoms with Gasteiger partial charge in [0.2, 0.25) is 0 Å². The summed E-state index contributed by atoms with van der Waals surface area (Å²) in [6.45, 7) is 7.69. The van der Waals surface area contributed by atoms with Crippen LogP contribution < -0.4 is 5.32 Å². The highest BCUT2D eigenvalue weighted by Gasteiger charge is 2.39. The lowest BCUT2D eigenvalue weighted by atomic mass is 9.65. The third-order valence-corrected chi connectivity index (χ3v) is 4.95. The lowest BCUT2D eigenvalue weighted by molar-refractivity contribution is -0.147. The van der Waals surface area contributed by atoms with E-state index in [9.17, 15) is 4.79 Å². The fourth-order valence-electron chi connectivity index (χ4n) is 3.61. The molecule has 124 valence electrons. The van der Waals surface area contributed by atoms with Crippen molar-refractivity contribution in [3.8, 4) is 0 Å². The van der Waals surface area contributed by atoms with E-state index < -0.39 is 5.60 Å². The molecule has 0 bridgehead atoms. The molecule has 0 aromatic heterocycles. The first-order valence-corrected chi connectivity index (χ1v) is 8.63. The van der Waals surface area contributed by atoms with Crippen LogP contribution in [0.4, 0.5) is 0 Å². The number of hydrogen-bond donors (Lipinski definition) is 1. The van der Waals surface area contributed by atoms with Crippen molar-refractivity contribution in [1.82, 2.24) is 5.32 Å². The van der Waals surface area contributed by atoms with Gasteiger partial charge in [-0.25, -0.2) is 4.79 Å². The quantitative estimate of drug-likeness (QED) is 0.787. The summed E-state index contributed by atoms with van der Waals surface area (Å²) < 4.78 is 5.59. The van der Waals surface area contributed by atoms with E-state index in [0.717, 1.165) is 42.9 Å². The van der Waals surface area contributed by atoms with Crippen LogP contribution in [0.25, 0.3) is 5.57 Å². The number of carbonyl (C=O) groups is 1. The third-order valence-electron chi connectivity index (χ3n) is 4.72.